The van der Waals surface area contributed by atoms with Crippen LogP contribution in [0.25, 0.3) is 0 Å². The number of halogens is 1. The Bertz CT molecular complexity index is 383. The summed E-state index contributed by atoms with van der Waals surface area (Å²) in [4.78, 5) is 13.6. The number of hydrogen-bond donors (Lipinski definition) is 1. The van der Waals surface area contributed by atoms with Gasteiger partial charge in [-0.2, -0.15) is 0 Å². The Morgan fingerprint density at radius 2 is 1.95 bits per heavy atom. The first kappa shape index (κ1) is 16.0. The summed E-state index contributed by atoms with van der Waals surface area (Å²) in [5, 5.41) is 10.3. The summed E-state index contributed by atoms with van der Waals surface area (Å²) in [5.74, 6) is 0.631. The number of unbranched alkanes of at least 4 members (excludes halogenated alkanes) is 1. The lowest BCUT2D eigenvalue weighted by Gasteiger charge is -2.29. The van der Waals surface area contributed by atoms with E-state index in [0.717, 1.165) is 18.4 Å². The normalized spacial score (nSPS) is 13.9. The fourth-order valence-electron chi connectivity index (χ4n) is 1.91. The largest absolute Gasteiger partial charge is 0.386 e. The van der Waals surface area contributed by atoms with E-state index in [0.29, 0.717) is 12.3 Å². The summed E-state index contributed by atoms with van der Waals surface area (Å²) < 4.78 is 0. The van der Waals surface area contributed by atoms with Crippen molar-refractivity contribution >= 4 is 17.5 Å². The van der Waals surface area contributed by atoms with E-state index in [4.69, 9.17) is 11.6 Å². The molecule has 1 amide bonds. The zero-order valence-electron chi connectivity index (χ0n) is 11.6. The molecule has 1 aromatic rings. The molecule has 4 heteroatoms. The van der Waals surface area contributed by atoms with Gasteiger partial charge in [0.15, 0.2) is 0 Å². The predicted octanol–water partition coefficient (Wildman–Crippen LogP) is 2.98. The average Bonchev–Trinajstić information content (AvgIpc) is 2.46. The summed E-state index contributed by atoms with van der Waals surface area (Å²) in [6.45, 7) is 1.86. The number of hydrogen-bond acceptors (Lipinski definition) is 2. The maximum atomic E-state index is 12.0. The number of likely N-dealkylation sites (N-methyl/N-ethyl adjacent to an activating group) is 1. The molecule has 106 valence electrons. The van der Waals surface area contributed by atoms with Gasteiger partial charge in [0.05, 0.1) is 12.1 Å². The Balaban J connectivity index is 2.56. The average molecular weight is 284 g/mol. The molecular weight excluding hydrogens is 262 g/mol. The highest BCUT2D eigenvalue weighted by molar-refractivity contribution is 6.17. The molecule has 19 heavy (non-hydrogen) atoms. The molecule has 0 aliphatic heterocycles. The van der Waals surface area contributed by atoms with Crippen molar-refractivity contribution in [3.05, 3.63) is 35.9 Å². The Kier molecular flexibility index (Phi) is 6.89. The Labute approximate surface area is 120 Å². The lowest BCUT2D eigenvalue weighted by atomic mass is 10.0. The molecule has 0 radical (unpaired) electrons. The van der Waals surface area contributed by atoms with Crippen LogP contribution in [0.4, 0.5) is 0 Å². The molecule has 0 heterocycles. The van der Waals surface area contributed by atoms with Crippen molar-refractivity contribution < 1.29 is 9.90 Å². The van der Waals surface area contributed by atoms with Crippen LogP contribution < -0.4 is 0 Å². The molecule has 0 bridgehead atoms. The molecule has 2 atom stereocenters. The van der Waals surface area contributed by atoms with E-state index in [-0.39, 0.29) is 11.9 Å². The lowest BCUT2D eigenvalue weighted by Crippen LogP contribution is -2.38. The van der Waals surface area contributed by atoms with Crippen LogP contribution in [0, 0.1) is 0 Å². The van der Waals surface area contributed by atoms with Crippen molar-refractivity contribution in [3.63, 3.8) is 0 Å². The van der Waals surface area contributed by atoms with E-state index in [1.807, 2.05) is 37.3 Å². The summed E-state index contributed by atoms with van der Waals surface area (Å²) >= 11 is 5.59. The monoisotopic (exact) mass is 283 g/mol. The first-order valence-corrected chi connectivity index (χ1v) is 7.16. The molecule has 1 rings (SSSR count). The third kappa shape index (κ3) is 4.84. The predicted molar refractivity (Wildman–Crippen MR) is 78.2 cm³/mol. The minimum absolute atomic E-state index is 0.0487. The first-order chi connectivity index (χ1) is 9.07. The quantitative estimate of drug-likeness (QED) is 0.617. The van der Waals surface area contributed by atoms with Crippen molar-refractivity contribution in [2.75, 3.05) is 12.9 Å². The second kappa shape index (κ2) is 8.18. The van der Waals surface area contributed by atoms with E-state index in [9.17, 15) is 9.90 Å². The van der Waals surface area contributed by atoms with E-state index in [2.05, 4.69) is 0 Å². The fraction of sp³-hybridized carbons (Fsp3) is 0.533. The highest BCUT2D eigenvalue weighted by Crippen LogP contribution is 2.20. The number of aliphatic hydroxyl groups excluding tert-OH is 1. The van der Waals surface area contributed by atoms with E-state index >= 15 is 0 Å². The molecule has 0 saturated heterocycles. The zero-order valence-corrected chi connectivity index (χ0v) is 12.3. The number of alkyl halides is 1. The maximum absolute atomic E-state index is 12.0. The van der Waals surface area contributed by atoms with Crippen molar-refractivity contribution in [2.24, 2.45) is 0 Å². The van der Waals surface area contributed by atoms with Crippen LogP contribution in [0.1, 0.15) is 37.9 Å². The van der Waals surface area contributed by atoms with Gasteiger partial charge < -0.3 is 10.0 Å². The van der Waals surface area contributed by atoms with Gasteiger partial charge in [0.1, 0.15) is 0 Å². The van der Waals surface area contributed by atoms with Crippen LogP contribution in [0.5, 0.6) is 0 Å². The van der Waals surface area contributed by atoms with Crippen molar-refractivity contribution in [2.45, 2.75) is 38.3 Å². The highest BCUT2D eigenvalue weighted by Gasteiger charge is 2.23. The molecular formula is C15H22ClNO2. The van der Waals surface area contributed by atoms with Crippen LogP contribution in [0.2, 0.25) is 0 Å². The van der Waals surface area contributed by atoms with Gasteiger partial charge in [-0.05, 0) is 25.3 Å². The lowest BCUT2D eigenvalue weighted by molar-refractivity contribution is -0.134. The molecule has 3 nitrogen and oxygen atoms in total. The van der Waals surface area contributed by atoms with Crippen LogP contribution in [-0.2, 0) is 4.79 Å². The number of amides is 1. The third-order valence-corrected chi connectivity index (χ3v) is 3.64. The van der Waals surface area contributed by atoms with Gasteiger partial charge in [-0.25, -0.2) is 0 Å². The van der Waals surface area contributed by atoms with Gasteiger partial charge in [0, 0.05) is 19.3 Å². The maximum Gasteiger partial charge on any atom is 0.222 e. The number of rotatable bonds is 7. The molecule has 0 aliphatic carbocycles. The SMILES string of the molecule is CC(C(O)c1ccccc1)N(C)C(=O)CCCCCl. The molecule has 1 N–H and O–H groups in total. The van der Waals surface area contributed by atoms with E-state index < -0.39 is 6.10 Å². The molecule has 0 aromatic heterocycles. The fourth-order valence-corrected chi connectivity index (χ4v) is 2.10. The Morgan fingerprint density at radius 1 is 1.32 bits per heavy atom. The summed E-state index contributed by atoms with van der Waals surface area (Å²) in [6, 6.07) is 9.16. The Morgan fingerprint density at radius 3 is 2.53 bits per heavy atom. The van der Waals surface area contributed by atoms with E-state index in [1.54, 1.807) is 11.9 Å². The van der Waals surface area contributed by atoms with Gasteiger partial charge in [-0.15, -0.1) is 11.6 Å². The molecule has 2 unspecified atom stereocenters. The number of carbonyl (C=O) groups is 1. The van der Waals surface area contributed by atoms with Crippen LogP contribution >= 0.6 is 11.6 Å². The van der Waals surface area contributed by atoms with Gasteiger partial charge in [0.2, 0.25) is 5.91 Å². The second-order valence-electron chi connectivity index (χ2n) is 4.75. The summed E-state index contributed by atoms with van der Waals surface area (Å²) in [7, 11) is 1.74. The molecule has 0 saturated carbocycles. The second-order valence-corrected chi connectivity index (χ2v) is 5.12. The third-order valence-electron chi connectivity index (χ3n) is 3.38. The minimum Gasteiger partial charge on any atom is -0.386 e. The molecule has 0 aliphatic rings. The highest BCUT2D eigenvalue weighted by atomic mass is 35.5. The minimum atomic E-state index is -0.664. The molecule has 1 aromatic carbocycles. The van der Waals surface area contributed by atoms with Crippen LogP contribution in [0.15, 0.2) is 30.3 Å². The van der Waals surface area contributed by atoms with Gasteiger partial charge >= 0.3 is 0 Å². The standard InChI is InChI=1S/C15H22ClNO2/c1-12(15(19)13-8-4-3-5-9-13)17(2)14(18)10-6-7-11-16/h3-5,8-9,12,15,19H,6-7,10-11H2,1-2H3. The summed E-state index contributed by atoms with van der Waals surface area (Å²) in [6.07, 6.45) is 1.45. The van der Waals surface area contributed by atoms with Gasteiger partial charge in [-0.1, -0.05) is 30.3 Å². The van der Waals surface area contributed by atoms with Crippen LogP contribution in [0.3, 0.4) is 0 Å². The summed E-state index contributed by atoms with van der Waals surface area (Å²) in [5.41, 5.74) is 0.829. The van der Waals surface area contributed by atoms with Crippen molar-refractivity contribution in [3.8, 4) is 0 Å². The van der Waals surface area contributed by atoms with Crippen molar-refractivity contribution in [1.82, 2.24) is 4.90 Å². The number of benzene rings is 1. The number of nitrogens with zero attached hydrogens (tertiary/aromatic N) is 1. The number of aliphatic hydroxyl groups is 1. The van der Waals surface area contributed by atoms with Crippen molar-refractivity contribution in [1.29, 1.82) is 0 Å². The number of carbonyl (C=O) groups excluding carboxylic acids is 1. The molecule has 0 fully saturated rings. The van der Waals surface area contributed by atoms with E-state index in [1.165, 1.54) is 0 Å². The smallest absolute Gasteiger partial charge is 0.222 e. The molecule has 0 spiro atoms. The first-order valence-electron chi connectivity index (χ1n) is 6.62. The van der Waals surface area contributed by atoms with Crippen LogP contribution in [-0.4, -0.2) is 34.9 Å². The van der Waals surface area contributed by atoms with Gasteiger partial charge in [-0.3, -0.25) is 4.79 Å². The van der Waals surface area contributed by atoms with Gasteiger partial charge in [0.25, 0.3) is 0 Å². The zero-order chi connectivity index (χ0) is 14.3. The topological polar surface area (TPSA) is 40.5 Å². The Hall–Kier alpha value is -1.06.